The molecule has 2 saturated heterocycles. The standard InChI is InChI=1S/C29H38N2O9S/c1-19(32)27(30-29(33)40-26-18-38-28-23(26)14-15-37-28)31(17-20-8-4-3-5-9-20)41(34,35)22-12-13-24(36-2)25(16-22)39-21-10-6-7-11-21/h3-5,8-9,12-13,16,19,21,23,26-28,32H,6-7,10-11,14-15,17-18H2,1-2H3,(H,30,33)/t19-,23-,26-,27+,28+/m1/s1. The van der Waals surface area contributed by atoms with Crippen LogP contribution in [0.1, 0.15) is 44.6 Å². The Morgan fingerprint density at radius 1 is 1.10 bits per heavy atom. The van der Waals surface area contributed by atoms with Gasteiger partial charge in [0.25, 0.3) is 0 Å². The first-order valence-corrected chi connectivity index (χ1v) is 15.5. The Morgan fingerprint density at radius 2 is 1.85 bits per heavy atom. The lowest BCUT2D eigenvalue weighted by molar-refractivity contribution is -0.0907. The molecule has 3 aliphatic rings. The largest absolute Gasteiger partial charge is 0.493 e. The number of benzene rings is 2. The van der Waals surface area contributed by atoms with Crippen LogP contribution in [0.25, 0.3) is 0 Å². The molecule has 0 spiro atoms. The second kappa shape index (κ2) is 13.0. The molecule has 224 valence electrons. The summed E-state index contributed by atoms with van der Waals surface area (Å²) in [5, 5.41) is 13.4. The molecular formula is C29H38N2O9S. The van der Waals surface area contributed by atoms with Gasteiger partial charge in [-0.1, -0.05) is 30.3 Å². The molecule has 0 unspecified atom stereocenters. The van der Waals surface area contributed by atoms with Crippen molar-refractivity contribution < 1.29 is 42.0 Å². The Kier molecular flexibility index (Phi) is 9.35. The Morgan fingerprint density at radius 3 is 2.56 bits per heavy atom. The molecule has 12 heteroatoms. The van der Waals surface area contributed by atoms with Crippen LogP contribution >= 0.6 is 0 Å². The maximum Gasteiger partial charge on any atom is 0.408 e. The fourth-order valence-electron chi connectivity index (χ4n) is 5.60. The maximum absolute atomic E-state index is 14.2. The number of alkyl carbamates (subject to hydrolysis) is 1. The minimum atomic E-state index is -4.29. The second-order valence-electron chi connectivity index (χ2n) is 10.7. The highest BCUT2D eigenvalue weighted by molar-refractivity contribution is 7.89. The van der Waals surface area contributed by atoms with Crippen molar-refractivity contribution in [2.45, 2.75) is 81.2 Å². The van der Waals surface area contributed by atoms with Gasteiger partial charge in [-0.05, 0) is 56.7 Å². The highest BCUT2D eigenvalue weighted by atomic mass is 32.2. The predicted octanol–water partition coefficient (Wildman–Crippen LogP) is 3.40. The van der Waals surface area contributed by atoms with E-state index in [0.29, 0.717) is 30.1 Å². The fourth-order valence-corrected chi connectivity index (χ4v) is 7.21. The number of fused-ring (bicyclic) bond motifs is 1. The van der Waals surface area contributed by atoms with E-state index < -0.39 is 40.8 Å². The zero-order valence-electron chi connectivity index (χ0n) is 23.3. The van der Waals surface area contributed by atoms with E-state index in [0.717, 1.165) is 30.0 Å². The van der Waals surface area contributed by atoms with Gasteiger partial charge < -0.3 is 34.1 Å². The summed E-state index contributed by atoms with van der Waals surface area (Å²) in [6, 6.07) is 13.4. The molecule has 1 saturated carbocycles. The van der Waals surface area contributed by atoms with Crippen molar-refractivity contribution in [1.82, 2.24) is 9.62 Å². The molecule has 2 aliphatic heterocycles. The minimum Gasteiger partial charge on any atom is -0.493 e. The van der Waals surface area contributed by atoms with Gasteiger partial charge in [0.2, 0.25) is 10.0 Å². The smallest absolute Gasteiger partial charge is 0.408 e. The molecule has 2 aromatic rings. The molecule has 3 fully saturated rings. The number of rotatable bonds is 11. The third-order valence-electron chi connectivity index (χ3n) is 7.80. The number of amides is 1. The van der Waals surface area contributed by atoms with Gasteiger partial charge in [0.05, 0.1) is 43.3 Å². The number of hydrogen-bond acceptors (Lipinski definition) is 9. The topological polar surface area (TPSA) is 133 Å². The van der Waals surface area contributed by atoms with Gasteiger partial charge in [-0.25, -0.2) is 13.2 Å². The molecule has 5 atom stereocenters. The molecule has 2 aromatic carbocycles. The summed E-state index contributed by atoms with van der Waals surface area (Å²) in [5.74, 6) is 0.662. The lowest BCUT2D eigenvalue weighted by atomic mass is 10.0. The summed E-state index contributed by atoms with van der Waals surface area (Å²) in [7, 11) is -2.79. The third-order valence-corrected chi connectivity index (χ3v) is 9.62. The van der Waals surface area contributed by atoms with Crippen molar-refractivity contribution in [2.24, 2.45) is 5.92 Å². The quantitative estimate of drug-likeness (QED) is 0.378. The number of aliphatic hydroxyl groups excluding tert-OH is 1. The average molecular weight is 591 g/mol. The van der Waals surface area contributed by atoms with E-state index >= 15 is 0 Å². The number of carbonyl (C=O) groups excluding carboxylic acids is 1. The predicted molar refractivity (Wildman–Crippen MR) is 148 cm³/mol. The normalized spacial score (nSPS) is 24.1. The molecule has 0 radical (unpaired) electrons. The number of sulfonamides is 1. The molecule has 2 heterocycles. The molecule has 5 rings (SSSR count). The molecular weight excluding hydrogens is 552 g/mol. The highest BCUT2D eigenvalue weighted by Crippen LogP contribution is 2.36. The van der Waals surface area contributed by atoms with Crippen LogP contribution in [0, 0.1) is 5.92 Å². The van der Waals surface area contributed by atoms with Gasteiger partial charge in [-0.2, -0.15) is 4.31 Å². The number of methoxy groups -OCH3 is 1. The summed E-state index contributed by atoms with van der Waals surface area (Å²) in [6.07, 6.45) is 0.122. The number of carbonyl (C=O) groups is 1. The molecule has 1 amide bonds. The van der Waals surface area contributed by atoms with E-state index in [2.05, 4.69) is 5.32 Å². The lowest BCUT2D eigenvalue weighted by Crippen LogP contribution is -2.56. The number of nitrogens with one attached hydrogen (secondary N) is 1. The van der Waals surface area contributed by atoms with Crippen molar-refractivity contribution >= 4 is 16.1 Å². The highest BCUT2D eigenvalue weighted by Gasteiger charge is 2.44. The van der Waals surface area contributed by atoms with E-state index in [4.69, 9.17) is 23.7 Å². The SMILES string of the molecule is COc1ccc(S(=O)(=O)N(Cc2ccccc2)[C@H](NC(=O)O[C@@H]2CO[C@@H]3OCC[C@@H]32)[C@@H](C)O)cc1OC1CCCC1. The Balaban J connectivity index is 1.43. The van der Waals surface area contributed by atoms with Gasteiger partial charge in [-0.3, -0.25) is 0 Å². The Labute approximate surface area is 240 Å². The second-order valence-corrected chi connectivity index (χ2v) is 12.6. The third kappa shape index (κ3) is 6.78. The van der Waals surface area contributed by atoms with Crippen LogP contribution in [0.4, 0.5) is 4.79 Å². The van der Waals surface area contributed by atoms with Gasteiger partial charge in [0.15, 0.2) is 17.8 Å². The van der Waals surface area contributed by atoms with Crippen molar-refractivity contribution in [3.63, 3.8) is 0 Å². The fraction of sp³-hybridized carbons (Fsp3) is 0.552. The van der Waals surface area contributed by atoms with Crippen LogP contribution in [0.15, 0.2) is 53.4 Å². The van der Waals surface area contributed by atoms with Crippen LogP contribution in [0.2, 0.25) is 0 Å². The van der Waals surface area contributed by atoms with Gasteiger partial charge >= 0.3 is 6.09 Å². The van der Waals surface area contributed by atoms with Crippen LogP contribution < -0.4 is 14.8 Å². The zero-order valence-corrected chi connectivity index (χ0v) is 24.1. The molecule has 0 bridgehead atoms. The zero-order chi connectivity index (χ0) is 29.0. The number of aliphatic hydroxyl groups is 1. The van der Waals surface area contributed by atoms with Gasteiger partial charge in [-0.15, -0.1) is 0 Å². The molecule has 1 aliphatic carbocycles. The molecule has 2 N–H and O–H groups in total. The van der Waals surface area contributed by atoms with Crippen LogP contribution in [0.5, 0.6) is 11.5 Å². The number of nitrogens with zero attached hydrogens (tertiary/aromatic N) is 1. The van der Waals surface area contributed by atoms with Gasteiger partial charge in [0.1, 0.15) is 12.3 Å². The van der Waals surface area contributed by atoms with E-state index in [9.17, 15) is 18.3 Å². The first-order chi connectivity index (χ1) is 19.8. The van der Waals surface area contributed by atoms with Crippen LogP contribution in [0.3, 0.4) is 0 Å². The first-order valence-electron chi connectivity index (χ1n) is 14.0. The van der Waals surface area contributed by atoms with Crippen molar-refractivity contribution in [1.29, 1.82) is 0 Å². The van der Waals surface area contributed by atoms with Crippen LogP contribution in [-0.4, -0.2) is 75.0 Å². The summed E-state index contributed by atoms with van der Waals surface area (Å²) in [5.41, 5.74) is 0.669. The Hall–Kier alpha value is -2.90. The molecule has 0 aromatic heterocycles. The Bertz CT molecular complexity index is 1280. The van der Waals surface area contributed by atoms with E-state index in [1.54, 1.807) is 30.3 Å². The van der Waals surface area contributed by atoms with E-state index in [1.807, 2.05) is 6.07 Å². The van der Waals surface area contributed by atoms with E-state index in [1.165, 1.54) is 26.2 Å². The monoisotopic (exact) mass is 590 g/mol. The number of ether oxygens (including phenoxy) is 5. The van der Waals surface area contributed by atoms with Crippen LogP contribution in [-0.2, 0) is 30.8 Å². The van der Waals surface area contributed by atoms with E-state index in [-0.39, 0.29) is 30.1 Å². The van der Waals surface area contributed by atoms with Gasteiger partial charge in [0, 0.05) is 12.6 Å². The first kappa shape index (κ1) is 29.6. The molecule has 11 nitrogen and oxygen atoms in total. The van der Waals surface area contributed by atoms with Crippen molar-refractivity contribution in [2.75, 3.05) is 20.3 Å². The van der Waals surface area contributed by atoms with Crippen molar-refractivity contribution in [3.8, 4) is 11.5 Å². The maximum atomic E-state index is 14.2. The summed E-state index contributed by atoms with van der Waals surface area (Å²) in [6.45, 7) is 2.00. The molecule has 41 heavy (non-hydrogen) atoms. The number of hydrogen-bond donors (Lipinski definition) is 2. The van der Waals surface area contributed by atoms with Crippen molar-refractivity contribution in [3.05, 3.63) is 54.1 Å². The summed E-state index contributed by atoms with van der Waals surface area (Å²) in [4.78, 5) is 13.0. The minimum absolute atomic E-state index is 0.0200. The average Bonchev–Trinajstić information content (AvgIpc) is 3.72. The summed E-state index contributed by atoms with van der Waals surface area (Å²) < 4.78 is 57.8. The lowest BCUT2D eigenvalue weighted by Gasteiger charge is -2.33. The summed E-state index contributed by atoms with van der Waals surface area (Å²) >= 11 is 0.